The number of sulfone groups is 2. The van der Waals surface area contributed by atoms with Gasteiger partial charge in [0.2, 0.25) is 0 Å². The molecular formula is C19H23NO4S2. The smallest absolute Gasteiger partial charge is 0.177 e. The van der Waals surface area contributed by atoms with E-state index in [2.05, 4.69) is 24.4 Å². The largest absolute Gasteiger partial charge is 0.377 e. The Hall–Kier alpha value is -1.86. The predicted molar refractivity (Wildman–Crippen MR) is 103 cm³/mol. The van der Waals surface area contributed by atoms with Gasteiger partial charge in [-0.3, -0.25) is 0 Å². The molecule has 3 rings (SSSR count). The second-order valence-corrected chi connectivity index (χ2v) is 11.0. The van der Waals surface area contributed by atoms with E-state index < -0.39 is 19.7 Å². The Morgan fingerprint density at radius 2 is 1.65 bits per heavy atom. The van der Waals surface area contributed by atoms with E-state index >= 15 is 0 Å². The Labute approximate surface area is 155 Å². The normalized spacial score (nSPS) is 20.4. The van der Waals surface area contributed by atoms with Gasteiger partial charge >= 0.3 is 0 Å². The first-order valence-electron chi connectivity index (χ1n) is 8.46. The third kappa shape index (κ3) is 3.78. The summed E-state index contributed by atoms with van der Waals surface area (Å²) in [6, 6.07) is 12.4. The average molecular weight is 394 g/mol. The summed E-state index contributed by atoms with van der Waals surface area (Å²) >= 11 is 0. The molecule has 0 fully saturated rings. The first kappa shape index (κ1) is 18.9. The summed E-state index contributed by atoms with van der Waals surface area (Å²) in [4.78, 5) is 0.0104. The van der Waals surface area contributed by atoms with Crippen LogP contribution in [0.4, 0.5) is 5.69 Å². The molecule has 2 unspecified atom stereocenters. The van der Waals surface area contributed by atoms with Gasteiger partial charge in [-0.1, -0.05) is 31.2 Å². The molecule has 0 heterocycles. The summed E-state index contributed by atoms with van der Waals surface area (Å²) in [5.74, 6) is 0.326. The molecule has 0 spiro atoms. The summed E-state index contributed by atoms with van der Waals surface area (Å²) in [5.41, 5.74) is 2.86. The van der Waals surface area contributed by atoms with Crippen LogP contribution in [0.15, 0.2) is 52.3 Å². The fourth-order valence-electron chi connectivity index (χ4n) is 3.47. The van der Waals surface area contributed by atoms with E-state index in [1.165, 1.54) is 17.7 Å². The number of nitrogens with one attached hydrogen (secondary N) is 1. The molecule has 140 valence electrons. The third-order valence-electron chi connectivity index (χ3n) is 4.92. The molecule has 0 aromatic heterocycles. The molecule has 0 amide bonds. The minimum Gasteiger partial charge on any atom is -0.377 e. The van der Waals surface area contributed by atoms with Gasteiger partial charge in [-0.05, 0) is 48.1 Å². The van der Waals surface area contributed by atoms with Crippen molar-refractivity contribution in [2.45, 2.75) is 35.6 Å². The molecule has 1 aliphatic carbocycles. The van der Waals surface area contributed by atoms with E-state index in [0.717, 1.165) is 30.9 Å². The van der Waals surface area contributed by atoms with Crippen LogP contribution in [0, 0.1) is 5.92 Å². The van der Waals surface area contributed by atoms with Crippen molar-refractivity contribution in [3.63, 3.8) is 0 Å². The lowest BCUT2D eigenvalue weighted by atomic mass is 9.80. The maximum Gasteiger partial charge on any atom is 0.177 e. The molecule has 0 saturated carbocycles. The molecule has 2 aromatic rings. The fraction of sp³-hybridized carbons (Fsp3) is 0.368. The molecule has 1 N–H and O–H groups in total. The highest BCUT2D eigenvalue weighted by Crippen LogP contribution is 2.38. The number of anilines is 1. The van der Waals surface area contributed by atoms with Crippen LogP contribution in [0.3, 0.4) is 0 Å². The zero-order valence-electron chi connectivity index (χ0n) is 15.1. The molecule has 0 bridgehead atoms. The number of benzene rings is 2. The average Bonchev–Trinajstić information content (AvgIpc) is 2.56. The quantitative estimate of drug-likeness (QED) is 0.863. The van der Waals surface area contributed by atoms with Crippen LogP contribution in [0.5, 0.6) is 0 Å². The number of aryl methyl sites for hydroxylation is 1. The summed E-state index contributed by atoms with van der Waals surface area (Å²) in [6.07, 6.45) is 4.17. The highest BCUT2D eigenvalue weighted by atomic mass is 32.2. The molecule has 7 heteroatoms. The van der Waals surface area contributed by atoms with Crippen molar-refractivity contribution in [3.05, 3.63) is 53.6 Å². The molecule has 1 aliphatic rings. The van der Waals surface area contributed by atoms with E-state index in [0.29, 0.717) is 11.6 Å². The van der Waals surface area contributed by atoms with Crippen molar-refractivity contribution in [2.75, 3.05) is 17.8 Å². The lowest BCUT2D eigenvalue weighted by molar-refractivity contribution is 0.433. The standard InChI is InChI=1S/C19H23NO4S2/c1-13-8-9-14-6-4-5-7-16(14)19(13)20-17-11-10-15(25(2,21)22)12-18(17)26(3,23)24/h4-7,10-13,19-20H,8-9H2,1-3H3. The Morgan fingerprint density at radius 3 is 2.31 bits per heavy atom. The third-order valence-corrected chi connectivity index (χ3v) is 7.17. The van der Waals surface area contributed by atoms with Crippen molar-refractivity contribution in [2.24, 2.45) is 5.92 Å². The lowest BCUT2D eigenvalue weighted by Gasteiger charge is -2.33. The molecular weight excluding hydrogens is 370 g/mol. The van der Waals surface area contributed by atoms with Crippen LogP contribution in [0.1, 0.15) is 30.5 Å². The van der Waals surface area contributed by atoms with Gasteiger partial charge in [0.05, 0.1) is 21.5 Å². The molecule has 26 heavy (non-hydrogen) atoms. The first-order chi connectivity index (χ1) is 12.1. The monoisotopic (exact) mass is 393 g/mol. The Bertz CT molecular complexity index is 1040. The summed E-state index contributed by atoms with van der Waals surface area (Å²) in [5, 5.41) is 3.37. The maximum absolute atomic E-state index is 12.3. The summed E-state index contributed by atoms with van der Waals surface area (Å²) in [6.45, 7) is 2.14. The zero-order valence-corrected chi connectivity index (χ0v) is 16.7. The first-order valence-corrected chi connectivity index (χ1v) is 12.2. The molecule has 0 aliphatic heterocycles. The second-order valence-electron chi connectivity index (χ2n) is 7.04. The predicted octanol–water partition coefficient (Wildman–Crippen LogP) is 3.23. The summed E-state index contributed by atoms with van der Waals surface area (Å²) < 4.78 is 48.2. The minimum absolute atomic E-state index is 0.000526. The van der Waals surface area contributed by atoms with Crippen LogP contribution in [-0.2, 0) is 26.1 Å². The van der Waals surface area contributed by atoms with Crippen molar-refractivity contribution in [1.29, 1.82) is 0 Å². The van der Waals surface area contributed by atoms with E-state index in [1.54, 1.807) is 6.07 Å². The van der Waals surface area contributed by atoms with E-state index in [9.17, 15) is 16.8 Å². The van der Waals surface area contributed by atoms with Gasteiger partial charge in [0.25, 0.3) is 0 Å². The number of fused-ring (bicyclic) bond motifs is 1. The number of hydrogen-bond donors (Lipinski definition) is 1. The van der Waals surface area contributed by atoms with Crippen molar-refractivity contribution in [1.82, 2.24) is 0 Å². The molecule has 0 radical (unpaired) electrons. The highest BCUT2D eigenvalue weighted by molar-refractivity contribution is 7.91. The van der Waals surface area contributed by atoms with Gasteiger partial charge in [0.15, 0.2) is 19.7 Å². The topological polar surface area (TPSA) is 80.3 Å². The number of hydrogen-bond acceptors (Lipinski definition) is 5. The second kappa shape index (κ2) is 6.70. The molecule has 2 aromatic carbocycles. The van der Waals surface area contributed by atoms with Crippen LogP contribution < -0.4 is 5.32 Å². The van der Waals surface area contributed by atoms with E-state index in [-0.39, 0.29) is 15.8 Å². The van der Waals surface area contributed by atoms with Gasteiger partial charge < -0.3 is 5.32 Å². The SMILES string of the molecule is CC1CCc2ccccc2C1Nc1ccc(S(C)(=O)=O)cc1S(C)(=O)=O. The summed E-state index contributed by atoms with van der Waals surface area (Å²) in [7, 11) is -7.08. The highest BCUT2D eigenvalue weighted by Gasteiger charge is 2.28. The maximum atomic E-state index is 12.3. The Kier molecular flexibility index (Phi) is 4.88. The van der Waals surface area contributed by atoms with Crippen LogP contribution in [-0.4, -0.2) is 29.3 Å². The van der Waals surface area contributed by atoms with Gasteiger partial charge in [-0.2, -0.15) is 0 Å². The molecule has 0 saturated heterocycles. The Balaban J connectivity index is 2.08. The fourth-order valence-corrected chi connectivity index (χ4v) is 5.06. The Morgan fingerprint density at radius 1 is 0.962 bits per heavy atom. The zero-order chi connectivity index (χ0) is 19.1. The molecule has 5 nitrogen and oxygen atoms in total. The van der Waals surface area contributed by atoms with Crippen LogP contribution in [0.2, 0.25) is 0 Å². The van der Waals surface area contributed by atoms with Crippen molar-refractivity contribution in [3.8, 4) is 0 Å². The van der Waals surface area contributed by atoms with Gasteiger partial charge in [0.1, 0.15) is 0 Å². The van der Waals surface area contributed by atoms with Gasteiger partial charge in [0, 0.05) is 12.5 Å². The van der Waals surface area contributed by atoms with Crippen molar-refractivity contribution < 1.29 is 16.8 Å². The minimum atomic E-state index is -3.59. The van der Waals surface area contributed by atoms with E-state index in [1.807, 2.05) is 12.1 Å². The molecule has 2 atom stereocenters. The van der Waals surface area contributed by atoms with E-state index in [4.69, 9.17) is 0 Å². The van der Waals surface area contributed by atoms with Gasteiger partial charge in [-0.25, -0.2) is 16.8 Å². The van der Waals surface area contributed by atoms with Crippen molar-refractivity contribution >= 4 is 25.4 Å². The van der Waals surface area contributed by atoms with Crippen LogP contribution in [0.25, 0.3) is 0 Å². The number of rotatable bonds is 4. The lowest BCUT2D eigenvalue weighted by Crippen LogP contribution is -2.25. The van der Waals surface area contributed by atoms with Crippen LogP contribution >= 0.6 is 0 Å². The van der Waals surface area contributed by atoms with Gasteiger partial charge in [-0.15, -0.1) is 0 Å².